The van der Waals surface area contributed by atoms with Crippen molar-refractivity contribution in [2.45, 2.75) is 37.8 Å². The van der Waals surface area contributed by atoms with Gasteiger partial charge in [0.1, 0.15) is 5.82 Å². The normalized spacial score (nSPS) is 12.8. The van der Waals surface area contributed by atoms with Crippen LogP contribution in [0, 0.1) is 5.82 Å². The van der Waals surface area contributed by atoms with Gasteiger partial charge in [0, 0.05) is 17.5 Å². The smallest absolute Gasteiger partial charge is 0.123 e. The molecule has 0 saturated heterocycles. The summed E-state index contributed by atoms with van der Waals surface area (Å²) >= 11 is 1.85. The molecule has 0 fully saturated rings. The van der Waals surface area contributed by atoms with Gasteiger partial charge in [0.05, 0.1) is 0 Å². The average molecular weight is 227 g/mol. The maximum atomic E-state index is 13.2. The zero-order valence-electron chi connectivity index (χ0n) is 9.29. The molecule has 1 unspecified atom stereocenters. The lowest BCUT2D eigenvalue weighted by atomic mass is 10.1. The molecule has 3 heteroatoms. The minimum Gasteiger partial charge on any atom is -0.326 e. The maximum absolute atomic E-state index is 13.2. The van der Waals surface area contributed by atoms with E-state index in [1.165, 1.54) is 6.07 Å². The first-order chi connectivity index (χ1) is 7.15. The Morgan fingerprint density at radius 3 is 2.60 bits per heavy atom. The van der Waals surface area contributed by atoms with Crippen molar-refractivity contribution in [3.05, 3.63) is 35.1 Å². The number of hydrogen-bond donors (Lipinski definition) is 1. The maximum Gasteiger partial charge on any atom is 0.123 e. The Kier molecular flexibility index (Phi) is 5.12. The standard InChI is InChI=1S/C12H18FNS/c1-3-9(2)15-8-11-4-10(7-14)5-12(13)6-11/h4-6,9H,3,7-8,14H2,1-2H3. The summed E-state index contributed by atoms with van der Waals surface area (Å²) in [6.45, 7) is 4.75. The molecule has 1 nitrogen and oxygen atoms in total. The molecule has 0 aliphatic carbocycles. The molecule has 0 aliphatic heterocycles. The van der Waals surface area contributed by atoms with Crippen molar-refractivity contribution in [1.82, 2.24) is 0 Å². The lowest BCUT2D eigenvalue weighted by Crippen LogP contribution is -1.99. The summed E-state index contributed by atoms with van der Waals surface area (Å²) in [5, 5.41) is 0.620. The zero-order chi connectivity index (χ0) is 11.3. The van der Waals surface area contributed by atoms with Gasteiger partial charge >= 0.3 is 0 Å². The van der Waals surface area contributed by atoms with Crippen LogP contribution in [0.2, 0.25) is 0 Å². The van der Waals surface area contributed by atoms with Gasteiger partial charge in [-0.2, -0.15) is 11.8 Å². The minimum atomic E-state index is -0.183. The summed E-state index contributed by atoms with van der Waals surface area (Å²) in [6.07, 6.45) is 1.14. The van der Waals surface area contributed by atoms with Gasteiger partial charge in [-0.15, -0.1) is 0 Å². The highest BCUT2D eigenvalue weighted by Crippen LogP contribution is 2.21. The van der Waals surface area contributed by atoms with Crippen molar-refractivity contribution in [3.63, 3.8) is 0 Å². The molecule has 0 amide bonds. The van der Waals surface area contributed by atoms with Crippen molar-refractivity contribution in [2.24, 2.45) is 5.73 Å². The van der Waals surface area contributed by atoms with Crippen LogP contribution < -0.4 is 5.73 Å². The van der Waals surface area contributed by atoms with Gasteiger partial charge in [0.25, 0.3) is 0 Å². The topological polar surface area (TPSA) is 26.0 Å². The van der Waals surface area contributed by atoms with Gasteiger partial charge < -0.3 is 5.73 Å². The van der Waals surface area contributed by atoms with Gasteiger partial charge in [-0.3, -0.25) is 0 Å². The highest BCUT2D eigenvalue weighted by molar-refractivity contribution is 7.99. The van der Waals surface area contributed by atoms with E-state index in [2.05, 4.69) is 13.8 Å². The Bertz CT molecular complexity index is 314. The number of thioether (sulfide) groups is 1. The van der Waals surface area contributed by atoms with Crippen LogP contribution >= 0.6 is 11.8 Å². The molecule has 15 heavy (non-hydrogen) atoms. The van der Waals surface area contributed by atoms with E-state index >= 15 is 0 Å². The van der Waals surface area contributed by atoms with Gasteiger partial charge in [-0.1, -0.05) is 19.9 Å². The third-order valence-electron chi connectivity index (χ3n) is 2.36. The van der Waals surface area contributed by atoms with E-state index in [0.717, 1.165) is 23.3 Å². The van der Waals surface area contributed by atoms with E-state index < -0.39 is 0 Å². The predicted molar refractivity (Wildman–Crippen MR) is 65.3 cm³/mol. The SMILES string of the molecule is CCC(C)SCc1cc(F)cc(CN)c1. The van der Waals surface area contributed by atoms with E-state index in [4.69, 9.17) is 5.73 Å². The second-order valence-electron chi connectivity index (χ2n) is 3.70. The van der Waals surface area contributed by atoms with Crippen LogP contribution in [0.4, 0.5) is 4.39 Å². The summed E-state index contributed by atoms with van der Waals surface area (Å²) in [5.41, 5.74) is 7.39. The van der Waals surface area contributed by atoms with Crippen LogP contribution in [0.5, 0.6) is 0 Å². The minimum absolute atomic E-state index is 0.183. The van der Waals surface area contributed by atoms with Crippen LogP contribution in [0.25, 0.3) is 0 Å². The second kappa shape index (κ2) is 6.13. The second-order valence-corrected chi connectivity index (χ2v) is 5.13. The van der Waals surface area contributed by atoms with Gasteiger partial charge in [0.2, 0.25) is 0 Å². The Morgan fingerprint density at radius 1 is 1.33 bits per heavy atom. The van der Waals surface area contributed by atoms with E-state index in [9.17, 15) is 4.39 Å². The lowest BCUT2D eigenvalue weighted by Gasteiger charge is -2.09. The molecule has 0 radical (unpaired) electrons. The average Bonchev–Trinajstić information content (AvgIpc) is 2.25. The Labute approximate surface area is 95.2 Å². The number of nitrogens with two attached hydrogens (primary N) is 1. The molecule has 1 rings (SSSR count). The summed E-state index contributed by atoms with van der Waals surface area (Å²) < 4.78 is 13.2. The molecule has 0 aliphatic rings. The van der Waals surface area contributed by atoms with Crippen molar-refractivity contribution in [2.75, 3.05) is 0 Å². The first-order valence-electron chi connectivity index (χ1n) is 5.25. The van der Waals surface area contributed by atoms with Crippen LogP contribution in [-0.2, 0) is 12.3 Å². The van der Waals surface area contributed by atoms with E-state index in [-0.39, 0.29) is 5.82 Å². The fourth-order valence-corrected chi connectivity index (χ4v) is 2.15. The van der Waals surface area contributed by atoms with Crippen molar-refractivity contribution in [1.29, 1.82) is 0 Å². The van der Waals surface area contributed by atoms with E-state index in [1.54, 1.807) is 6.07 Å². The zero-order valence-corrected chi connectivity index (χ0v) is 10.1. The molecule has 2 N–H and O–H groups in total. The summed E-state index contributed by atoms with van der Waals surface area (Å²) in [4.78, 5) is 0. The summed E-state index contributed by atoms with van der Waals surface area (Å²) in [5.74, 6) is 0.678. The monoisotopic (exact) mass is 227 g/mol. The molecule has 0 aromatic heterocycles. The van der Waals surface area contributed by atoms with Crippen LogP contribution in [0.15, 0.2) is 18.2 Å². The Hall–Kier alpha value is -0.540. The third-order valence-corrected chi connectivity index (χ3v) is 3.76. The molecule has 0 spiro atoms. The number of hydrogen-bond acceptors (Lipinski definition) is 2. The summed E-state index contributed by atoms with van der Waals surface area (Å²) in [6, 6.07) is 5.07. The first kappa shape index (κ1) is 12.5. The van der Waals surface area contributed by atoms with Crippen LogP contribution in [-0.4, -0.2) is 5.25 Å². The Balaban J connectivity index is 2.64. The van der Waals surface area contributed by atoms with Gasteiger partial charge in [0.15, 0.2) is 0 Å². The number of rotatable bonds is 5. The molecule has 0 saturated carbocycles. The molecule has 84 valence electrons. The van der Waals surface area contributed by atoms with Crippen molar-refractivity contribution >= 4 is 11.8 Å². The van der Waals surface area contributed by atoms with Gasteiger partial charge in [-0.25, -0.2) is 4.39 Å². The summed E-state index contributed by atoms with van der Waals surface area (Å²) in [7, 11) is 0. The Morgan fingerprint density at radius 2 is 2.00 bits per heavy atom. The van der Waals surface area contributed by atoms with Crippen molar-refractivity contribution in [3.8, 4) is 0 Å². The van der Waals surface area contributed by atoms with Crippen LogP contribution in [0.3, 0.4) is 0 Å². The molecule has 1 atom stereocenters. The molecular formula is C12H18FNS. The number of benzene rings is 1. The fourth-order valence-electron chi connectivity index (χ4n) is 1.27. The van der Waals surface area contributed by atoms with Gasteiger partial charge in [-0.05, 0) is 29.7 Å². The quantitative estimate of drug-likeness (QED) is 0.835. The largest absolute Gasteiger partial charge is 0.326 e. The van der Waals surface area contributed by atoms with Crippen LogP contribution in [0.1, 0.15) is 31.4 Å². The molecule has 0 bridgehead atoms. The van der Waals surface area contributed by atoms with Crippen molar-refractivity contribution < 1.29 is 4.39 Å². The number of halogens is 1. The highest BCUT2D eigenvalue weighted by Gasteiger charge is 2.03. The third kappa shape index (κ3) is 4.22. The fraction of sp³-hybridized carbons (Fsp3) is 0.500. The van der Waals surface area contributed by atoms with E-state index in [0.29, 0.717) is 11.8 Å². The molecule has 0 heterocycles. The predicted octanol–water partition coefficient (Wildman–Crippen LogP) is 3.32. The first-order valence-corrected chi connectivity index (χ1v) is 6.30. The van der Waals surface area contributed by atoms with E-state index in [1.807, 2.05) is 17.8 Å². The highest BCUT2D eigenvalue weighted by atomic mass is 32.2. The molecular weight excluding hydrogens is 209 g/mol. The molecule has 1 aromatic carbocycles. The molecule has 1 aromatic rings. The lowest BCUT2D eigenvalue weighted by molar-refractivity contribution is 0.624.